The number of carbonyl (C=O) groups is 1. The van der Waals surface area contributed by atoms with Crippen molar-refractivity contribution in [2.75, 3.05) is 20.8 Å². The van der Waals surface area contributed by atoms with Crippen LogP contribution < -0.4 is 29.1 Å². The molecule has 244 valence electrons. The van der Waals surface area contributed by atoms with E-state index in [1.54, 1.807) is 48.9 Å². The summed E-state index contributed by atoms with van der Waals surface area (Å²) in [5.74, 6) is 1.06. The lowest BCUT2D eigenvalue weighted by Gasteiger charge is -2.26. The van der Waals surface area contributed by atoms with Gasteiger partial charge in [-0.3, -0.25) is 9.36 Å². The van der Waals surface area contributed by atoms with Crippen molar-refractivity contribution >= 4 is 52.3 Å². The molecule has 2 heterocycles. The Hall–Kier alpha value is -4.83. The fourth-order valence-electron chi connectivity index (χ4n) is 5.39. The third kappa shape index (κ3) is 6.75. The molecule has 0 aliphatic carbocycles. The SMILES string of the molecule is CCOC(=O)C1=C(c2ccccc2)N=c2s/c(=C/c3ccc(OCc4ccc(Cl)c(Cl)c4)cc3)c(=O)n2[C@H]1c1ccc(OC)c(OC)c1. The second-order valence-electron chi connectivity index (χ2n) is 10.7. The van der Waals surface area contributed by atoms with E-state index in [0.717, 1.165) is 16.7 Å². The zero-order valence-electron chi connectivity index (χ0n) is 26.2. The molecule has 1 aliphatic heterocycles. The van der Waals surface area contributed by atoms with E-state index < -0.39 is 12.0 Å². The van der Waals surface area contributed by atoms with E-state index in [-0.39, 0.29) is 17.7 Å². The van der Waals surface area contributed by atoms with E-state index >= 15 is 0 Å². The summed E-state index contributed by atoms with van der Waals surface area (Å²) in [6.07, 6.45) is 1.80. The van der Waals surface area contributed by atoms with Gasteiger partial charge in [-0.2, -0.15) is 0 Å². The Morgan fingerprint density at radius 1 is 0.917 bits per heavy atom. The van der Waals surface area contributed by atoms with Crippen LogP contribution in [0.5, 0.6) is 17.2 Å². The summed E-state index contributed by atoms with van der Waals surface area (Å²) in [4.78, 5) is 33.3. The molecule has 0 unspecified atom stereocenters. The summed E-state index contributed by atoms with van der Waals surface area (Å²) in [7, 11) is 3.08. The number of hydrogen-bond acceptors (Lipinski definition) is 8. The number of carbonyl (C=O) groups excluding carboxylic acids is 1. The normalized spacial score (nSPS) is 14.3. The van der Waals surface area contributed by atoms with E-state index in [1.807, 2.05) is 66.7 Å². The van der Waals surface area contributed by atoms with Crippen LogP contribution in [0.15, 0.2) is 106 Å². The number of aromatic nitrogens is 1. The molecular formula is C37H30Cl2N2O6S. The quantitative estimate of drug-likeness (QED) is 0.148. The van der Waals surface area contributed by atoms with Gasteiger partial charge in [-0.25, -0.2) is 9.79 Å². The summed E-state index contributed by atoms with van der Waals surface area (Å²) >= 11 is 13.4. The Kier molecular flexibility index (Phi) is 10.0. The van der Waals surface area contributed by atoms with Crippen molar-refractivity contribution in [2.45, 2.75) is 19.6 Å². The maximum absolute atomic E-state index is 14.2. The van der Waals surface area contributed by atoms with E-state index in [0.29, 0.717) is 54.5 Å². The minimum atomic E-state index is -0.852. The summed E-state index contributed by atoms with van der Waals surface area (Å²) in [6, 6.07) is 26.6. The first-order valence-electron chi connectivity index (χ1n) is 15.0. The Morgan fingerprint density at radius 3 is 2.35 bits per heavy atom. The maximum Gasteiger partial charge on any atom is 0.338 e. The molecule has 1 aromatic heterocycles. The highest BCUT2D eigenvalue weighted by Gasteiger charge is 2.35. The first kappa shape index (κ1) is 33.1. The monoisotopic (exact) mass is 700 g/mol. The van der Waals surface area contributed by atoms with Gasteiger partial charge in [0.25, 0.3) is 5.56 Å². The second-order valence-corrected chi connectivity index (χ2v) is 12.5. The van der Waals surface area contributed by atoms with Crippen molar-refractivity contribution in [3.63, 3.8) is 0 Å². The van der Waals surface area contributed by atoms with Gasteiger partial charge in [-0.1, -0.05) is 89.1 Å². The largest absolute Gasteiger partial charge is 0.493 e. The van der Waals surface area contributed by atoms with Crippen LogP contribution in [0.2, 0.25) is 10.0 Å². The lowest BCUT2D eigenvalue weighted by Crippen LogP contribution is -2.40. The average molecular weight is 702 g/mol. The number of esters is 1. The van der Waals surface area contributed by atoms with Gasteiger partial charge in [0.15, 0.2) is 16.3 Å². The van der Waals surface area contributed by atoms with Crippen LogP contribution in [-0.4, -0.2) is 31.4 Å². The number of benzene rings is 4. The molecule has 0 spiro atoms. The van der Waals surface area contributed by atoms with E-state index in [2.05, 4.69) is 0 Å². The zero-order valence-corrected chi connectivity index (χ0v) is 28.6. The van der Waals surface area contributed by atoms with Crippen molar-refractivity contribution in [2.24, 2.45) is 4.99 Å². The topological polar surface area (TPSA) is 88.4 Å². The molecule has 1 atom stereocenters. The van der Waals surface area contributed by atoms with Gasteiger partial charge in [0, 0.05) is 5.56 Å². The highest BCUT2D eigenvalue weighted by atomic mass is 35.5. The van der Waals surface area contributed by atoms with Gasteiger partial charge in [-0.05, 0) is 66.1 Å². The Balaban J connectivity index is 1.44. The lowest BCUT2D eigenvalue weighted by molar-refractivity contribution is -0.138. The molecule has 1 aliphatic rings. The predicted octanol–water partition coefficient (Wildman–Crippen LogP) is 6.84. The lowest BCUT2D eigenvalue weighted by atomic mass is 9.93. The van der Waals surface area contributed by atoms with Gasteiger partial charge >= 0.3 is 5.97 Å². The number of hydrogen-bond donors (Lipinski definition) is 0. The molecular weight excluding hydrogens is 671 g/mol. The van der Waals surface area contributed by atoms with Crippen LogP contribution in [0.4, 0.5) is 0 Å². The van der Waals surface area contributed by atoms with Gasteiger partial charge < -0.3 is 18.9 Å². The molecule has 0 saturated carbocycles. The maximum atomic E-state index is 14.2. The number of thiazole rings is 1. The number of methoxy groups -OCH3 is 2. The molecule has 0 bridgehead atoms. The fourth-order valence-corrected chi connectivity index (χ4v) is 6.71. The van der Waals surface area contributed by atoms with Gasteiger partial charge in [-0.15, -0.1) is 0 Å². The fraction of sp³-hybridized carbons (Fsp3) is 0.162. The Morgan fingerprint density at radius 2 is 1.67 bits per heavy atom. The molecule has 0 radical (unpaired) electrons. The van der Waals surface area contributed by atoms with Crippen LogP contribution in [0, 0.1) is 0 Å². The van der Waals surface area contributed by atoms with Crippen LogP contribution in [-0.2, 0) is 16.1 Å². The van der Waals surface area contributed by atoms with Crippen molar-refractivity contribution < 1.29 is 23.7 Å². The Bertz CT molecular complexity index is 2190. The average Bonchev–Trinajstić information content (AvgIpc) is 3.42. The highest BCUT2D eigenvalue weighted by molar-refractivity contribution is 7.07. The third-order valence-electron chi connectivity index (χ3n) is 7.66. The van der Waals surface area contributed by atoms with Gasteiger partial charge in [0.1, 0.15) is 12.4 Å². The van der Waals surface area contributed by atoms with Gasteiger partial charge in [0.05, 0.1) is 52.7 Å². The number of halogens is 2. The zero-order chi connectivity index (χ0) is 33.8. The minimum Gasteiger partial charge on any atom is -0.493 e. The van der Waals surface area contributed by atoms with Gasteiger partial charge in [0.2, 0.25) is 0 Å². The first-order chi connectivity index (χ1) is 23.3. The Labute approximate surface area is 290 Å². The molecule has 8 nitrogen and oxygen atoms in total. The van der Waals surface area contributed by atoms with Crippen molar-refractivity contribution in [1.82, 2.24) is 4.57 Å². The number of fused-ring (bicyclic) bond motifs is 1. The summed E-state index contributed by atoms with van der Waals surface area (Å²) in [5, 5.41) is 0.951. The molecule has 5 aromatic rings. The number of ether oxygens (including phenoxy) is 4. The summed E-state index contributed by atoms with van der Waals surface area (Å²) in [5.41, 5.74) is 3.42. The van der Waals surface area contributed by atoms with Crippen LogP contribution in [0.25, 0.3) is 11.8 Å². The van der Waals surface area contributed by atoms with Crippen LogP contribution >= 0.6 is 34.5 Å². The van der Waals surface area contributed by atoms with Crippen LogP contribution in [0.1, 0.15) is 35.2 Å². The minimum absolute atomic E-state index is 0.153. The van der Waals surface area contributed by atoms with E-state index in [9.17, 15) is 9.59 Å². The second kappa shape index (κ2) is 14.5. The molecule has 11 heteroatoms. The van der Waals surface area contributed by atoms with Crippen LogP contribution in [0.3, 0.4) is 0 Å². The standard InChI is InChI=1S/C37H30Cl2N2O6S/c1-4-46-36(43)32-33(24-8-6-5-7-9-24)40-37-41(34(32)25-13-17-29(44-2)30(20-25)45-3)35(42)31(48-37)19-22-10-14-26(15-11-22)47-21-23-12-16-27(38)28(39)18-23/h5-20,34H,4,21H2,1-3H3/b31-19+/t34-/m0/s1. The van der Waals surface area contributed by atoms with Crippen molar-refractivity contribution in [3.05, 3.63) is 149 Å². The molecule has 0 N–H and O–H groups in total. The molecule has 4 aromatic carbocycles. The molecule has 48 heavy (non-hydrogen) atoms. The molecule has 0 saturated heterocycles. The summed E-state index contributed by atoms with van der Waals surface area (Å²) in [6.45, 7) is 2.21. The van der Waals surface area contributed by atoms with E-state index in [1.165, 1.54) is 18.4 Å². The highest BCUT2D eigenvalue weighted by Crippen LogP contribution is 2.38. The first-order valence-corrected chi connectivity index (χ1v) is 16.6. The molecule has 0 fully saturated rings. The molecule has 0 amide bonds. The molecule has 6 rings (SSSR count). The number of nitrogens with zero attached hydrogens (tertiary/aromatic N) is 2. The predicted molar refractivity (Wildman–Crippen MR) is 188 cm³/mol. The third-order valence-corrected chi connectivity index (χ3v) is 9.39. The van der Waals surface area contributed by atoms with Crippen molar-refractivity contribution in [1.29, 1.82) is 0 Å². The smallest absolute Gasteiger partial charge is 0.338 e. The summed E-state index contributed by atoms with van der Waals surface area (Å²) < 4.78 is 24.5. The number of rotatable bonds is 10. The van der Waals surface area contributed by atoms with Crippen molar-refractivity contribution in [3.8, 4) is 17.2 Å². The van der Waals surface area contributed by atoms with E-state index in [4.69, 9.17) is 47.1 Å².